The third-order valence-corrected chi connectivity index (χ3v) is 15.0. The Hall–Kier alpha value is -6.10. The van der Waals surface area contributed by atoms with Crippen LogP contribution in [0.4, 0.5) is 19.4 Å². The van der Waals surface area contributed by atoms with Crippen molar-refractivity contribution in [3.05, 3.63) is 106 Å². The molecule has 4 heterocycles. The standard InChI is InChI=1S/C51H57ClF2N8O6/c1-29-42-40(27-37(53)45(52)44(42)43-36(47(55)64)16-17-39(67-3)46(43)54)68-51(29,33-8-5-4-6-9-33)28-57-34-13-10-31(11-14-34)49(65)56-21-7-22-61-23-18-30(19-24-61)32-12-15-35-38(26-32)60(2)59-48(35)62-25-20-41(63)58-50(62)66/h4-6,8-9,12,15-17,26-27,29-31,34,57H,7,10-11,13-14,18-25,28H2,1-3H3,(H2,55,64)(H,56,65)(H,58,63,66)/t29-,31?,34?,51-/m0/s1. The zero-order valence-electron chi connectivity index (χ0n) is 38.5. The first-order chi connectivity index (χ1) is 32.8. The summed E-state index contributed by atoms with van der Waals surface area (Å²) in [4.78, 5) is 54.2. The van der Waals surface area contributed by atoms with E-state index in [9.17, 15) is 19.2 Å². The Bertz CT molecular complexity index is 2760. The molecule has 0 radical (unpaired) electrons. The van der Waals surface area contributed by atoms with Gasteiger partial charge in [-0.3, -0.25) is 29.3 Å². The van der Waals surface area contributed by atoms with Crippen molar-refractivity contribution in [2.75, 3.05) is 51.3 Å². The predicted molar refractivity (Wildman–Crippen MR) is 255 cm³/mol. The van der Waals surface area contributed by atoms with Gasteiger partial charge in [-0.25, -0.2) is 13.6 Å². The number of primary amides is 1. The summed E-state index contributed by atoms with van der Waals surface area (Å²) in [6.07, 6.45) is 6.15. The van der Waals surface area contributed by atoms with Crippen molar-refractivity contribution >= 4 is 52.1 Å². The van der Waals surface area contributed by atoms with Gasteiger partial charge in [0, 0.05) is 79.1 Å². The second-order valence-corrected chi connectivity index (χ2v) is 19.0. The van der Waals surface area contributed by atoms with Crippen LogP contribution in [0.5, 0.6) is 11.5 Å². The highest BCUT2D eigenvalue weighted by atomic mass is 35.5. The fourth-order valence-electron chi connectivity index (χ4n) is 10.9. The molecule has 5 amide bonds. The van der Waals surface area contributed by atoms with Crippen LogP contribution in [0.3, 0.4) is 0 Å². The van der Waals surface area contributed by atoms with Gasteiger partial charge in [0.2, 0.25) is 17.7 Å². The Labute approximate surface area is 398 Å². The molecule has 4 aliphatic rings. The number of anilines is 1. The van der Waals surface area contributed by atoms with E-state index in [1.807, 2.05) is 50.4 Å². The molecule has 1 aliphatic carbocycles. The number of imide groups is 1. The van der Waals surface area contributed by atoms with Gasteiger partial charge in [-0.05, 0) is 106 Å². The number of halogens is 3. The maximum atomic E-state index is 16.2. The second kappa shape index (κ2) is 19.5. The first-order valence-corrected chi connectivity index (χ1v) is 23.9. The van der Waals surface area contributed by atoms with Crippen molar-refractivity contribution in [1.82, 2.24) is 30.6 Å². The van der Waals surface area contributed by atoms with Crippen LogP contribution in [0.25, 0.3) is 22.0 Å². The number of ether oxygens (including phenoxy) is 2. The SMILES string of the molecule is COc1ccc(C(N)=O)c(-c2c(Cl)c(F)cc3c2[C@H](C)[C@@](CNC2CCC(C(=O)NCCCN4CCC(c5ccc6c(N7CCC(=O)NC7=O)nn(C)c6c5)CC4)CC2)(c2ccccc2)O3)c1F. The highest BCUT2D eigenvalue weighted by molar-refractivity contribution is 6.34. The lowest BCUT2D eigenvalue weighted by molar-refractivity contribution is -0.126. The number of nitrogens with two attached hydrogens (primary N) is 1. The highest BCUT2D eigenvalue weighted by Gasteiger charge is 2.50. The number of carbonyl (C=O) groups is 4. The normalized spacial score (nSPS) is 22.2. The minimum absolute atomic E-state index is 0.00658. The molecule has 4 aromatic carbocycles. The van der Waals surface area contributed by atoms with E-state index in [4.69, 9.17) is 26.8 Å². The summed E-state index contributed by atoms with van der Waals surface area (Å²) in [5.74, 6) is -2.41. The van der Waals surface area contributed by atoms with E-state index < -0.39 is 35.1 Å². The number of fused-ring (bicyclic) bond motifs is 2. The number of hydrogen-bond donors (Lipinski definition) is 4. The molecule has 1 saturated carbocycles. The van der Waals surface area contributed by atoms with Crippen LogP contribution in [0.1, 0.15) is 97.2 Å². The molecule has 5 N–H and O–H groups in total. The van der Waals surface area contributed by atoms with Crippen molar-refractivity contribution < 1.29 is 37.4 Å². The lowest BCUT2D eigenvalue weighted by Gasteiger charge is -2.37. The molecule has 0 spiro atoms. The molecule has 0 unspecified atom stereocenters. The monoisotopic (exact) mass is 950 g/mol. The molecule has 358 valence electrons. The van der Waals surface area contributed by atoms with Gasteiger partial charge >= 0.3 is 6.03 Å². The Morgan fingerprint density at radius 1 is 0.985 bits per heavy atom. The molecule has 1 aromatic heterocycles. The van der Waals surface area contributed by atoms with Crippen LogP contribution in [0.15, 0.2) is 66.7 Å². The predicted octanol–water partition coefficient (Wildman–Crippen LogP) is 7.65. The molecule has 3 aliphatic heterocycles. The van der Waals surface area contributed by atoms with Gasteiger partial charge in [-0.15, -0.1) is 0 Å². The zero-order chi connectivity index (χ0) is 47.9. The number of hydrogen-bond acceptors (Lipinski definition) is 9. The quantitative estimate of drug-likeness (QED) is 0.0816. The van der Waals surface area contributed by atoms with Gasteiger partial charge in [-0.2, -0.15) is 5.10 Å². The molecule has 17 heteroatoms. The summed E-state index contributed by atoms with van der Waals surface area (Å²) < 4.78 is 45.7. The summed E-state index contributed by atoms with van der Waals surface area (Å²) in [7, 11) is 3.17. The van der Waals surface area contributed by atoms with E-state index in [0.29, 0.717) is 36.9 Å². The second-order valence-electron chi connectivity index (χ2n) is 18.6. The van der Waals surface area contributed by atoms with Crippen LogP contribution in [0, 0.1) is 17.6 Å². The minimum Gasteiger partial charge on any atom is -0.494 e. The number of aryl methyl sites for hydroxylation is 1. The molecule has 0 bridgehead atoms. The van der Waals surface area contributed by atoms with E-state index in [1.54, 1.807) is 4.68 Å². The van der Waals surface area contributed by atoms with Crippen LogP contribution < -0.4 is 36.1 Å². The maximum absolute atomic E-state index is 16.2. The minimum atomic E-state index is -1.07. The van der Waals surface area contributed by atoms with Crippen LogP contribution >= 0.6 is 11.6 Å². The molecular weight excluding hydrogens is 894 g/mol. The largest absolute Gasteiger partial charge is 0.494 e. The Balaban J connectivity index is 0.770. The number of carbonyl (C=O) groups excluding carboxylic acids is 4. The summed E-state index contributed by atoms with van der Waals surface area (Å²) in [6, 6.07) is 19.4. The molecule has 9 rings (SSSR count). The number of likely N-dealkylation sites (tertiary alicyclic amines) is 1. The fourth-order valence-corrected chi connectivity index (χ4v) is 11.1. The van der Waals surface area contributed by atoms with Gasteiger partial charge in [0.05, 0.1) is 23.2 Å². The van der Waals surface area contributed by atoms with Crippen LogP contribution in [0.2, 0.25) is 5.02 Å². The maximum Gasteiger partial charge on any atom is 0.329 e. The van der Waals surface area contributed by atoms with Crippen LogP contribution in [-0.2, 0) is 22.2 Å². The lowest BCUT2D eigenvalue weighted by atomic mass is 9.77. The first kappa shape index (κ1) is 47.0. The third kappa shape index (κ3) is 8.89. The third-order valence-electron chi connectivity index (χ3n) is 14.7. The number of nitrogens with zero attached hydrogens (tertiary/aromatic N) is 4. The van der Waals surface area contributed by atoms with E-state index >= 15 is 8.78 Å². The summed E-state index contributed by atoms with van der Waals surface area (Å²) >= 11 is 6.68. The van der Waals surface area contributed by atoms with Gasteiger partial charge in [-0.1, -0.05) is 54.9 Å². The molecule has 2 saturated heterocycles. The topological polar surface area (TPSA) is 173 Å². The van der Waals surface area contributed by atoms with Crippen molar-refractivity contribution in [3.8, 4) is 22.6 Å². The van der Waals surface area contributed by atoms with E-state index in [0.717, 1.165) is 81.0 Å². The number of urea groups is 1. The van der Waals surface area contributed by atoms with Crippen molar-refractivity contribution in [1.29, 1.82) is 0 Å². The average molecular weight is 952 g/mol. The molecule has 2 atom stereocenters. The Kier molecular flexibility index (Phi) is 13.5. The lowest BCUT2D eigenvalue weighted by Crippen LogP contribution is -2.49. The molecule has 5 aromatic rings. The smallest absolute Gasteiger partial charge is 0.329 e. The Morgan fingerprint density at radius 3 is 2.44 bits per heavy atom. The first-order valence-electron chi connectivity index (χ1n) is 23.5. The van der Waals surface area contributed by atoms with E-state index in [-0.39, 0.29) is 63.4 Å². The summed E-state index contributed by atoms with van der Waals surface area (Å²) in [5.41, 5.74) is 7.71. The van der Waals surface area contributed by atoms with Crippen molar-refractivity contribution in [2.24, 2.45) is 18.7 Å². The van der Waals surface area contributed by atoms with Crippen molar-refractivity contribution in [2.45, 2.75) is 81.8 Å². The number of rotatable bonds is 14. The number of piperidine rings is 1. The highest BCUT2D eigenvalue weighted by Crippen LogP contribution is 2.56. The Morgan fingerprint density at radius 2 is 1.74 bits per heavy atom. The van der Waals surface area contributed by atoms with E-state index in [2.05, 4.69) is 38.1 Å². The number of methoxy groups -OCH3 is 1. The number of nitrogens with one attached hydrogen (secondary N) is 3. The molecule has 3 fully saturated rings. The molecule has 14 nitrogen and oxygen atoms in total. The van der Waals surface area contributed by atoms with E-state index in [1.165, 1.54) is 35.8 Å². The zero-order valence-corrected chi connectivity index (χ0v) is 39.3. The van der Waals surface area contributed by atoms with Crippen LogP contribution in [-0.4, -0.2) is 90.9 Å². The van der Waals surface area contributed by atoms with Gasteiger partial charge in [0.25, 0.3) is 0 Å². The van der Waals surface area contributed by atoms with Gasteiger partial charge in [0.15, 0.2) is 23.0 Å². The number of aromatic nitrogens is 2. The number of benzene rings is 4. The van der Waals surface area contributed by atoms with Crippen molar-refractivity contribution in [3.63, 3.8) is 0 Å². The summed E-state index contributed by atoms with van der Waals surface area (Å²) in [5, 5.41) is 14.5. The van der Waals surface area contributed by atoms with Gasteiger partial charge < -0.3 is 30.7 Å². The fraction of sp³-hybridized carbons (Fsp3) is 0.431. The number of amides is 5. The average Bonchev–Trinajstić information content (AvgIpc) is 3.82. The molecular formula is C51H57ClF2N8O6. The van der Waals surface area contributed by atoms with Gasteiger partial charge in [0.1, 0.15) is 11.6 Å². The molecule has 68 heavy (non-hydrogen) atoms. The summed E-state index contributed by atoms with van der Waals surface area (Å²) in [6.45, 7) is 6.01.